The molecular weight excluding hydrogens is 646 g/mol. The third-order valence-electron chi connectivity index (χ3n) is 9.67. The summed E-state index contributed by atoms with van der Waals surface area (Å²) in [5, 5.41) is 0.876. The number of rotatable bonds is 5. The molecule has 47 heavy (non-hydrogen) atoms. The first-order chi connectivity index (χ1) is 22.7. The second-order valence-corrected chi connectivity index (χ2v) is 14.7. The number of hydrogen-bond acceptors (Lipinski definition) is 8. The molecule has 0 aliphatic carbocycles. The van der Waals surface area contributed by atoms with Crippen molar-refractivity contribution in [2.45, 2.75) is 51.9 Å². The van der Waals surface area contributed by atoms with Crippen molar-refractivity contribution >= 4 is 45.9 Å². The van der Waals surface area contributed by atoms with Crippen molar-refractivity contribution in [1.82, 2.24) is 19.8 Å². The molecule has 0 N–H and O–H groups in total. The number of halogens is 3. The maximum absolute atomic E-state index is 13.8. The van der Waals surface area contributed by atoms with Crippen molar-refractivity contribution in [3.8, 4) is 11.1 Å². The Labute approximate surface area is 278 Å². The molecule has 4 aliphatic rings. The van der Waals surface area contributed by atoms with Gasteiger partial charge in [-0.05, 0) is 53.8 Å². The van der Waals surface area contributed by atoms with E-state index >= 15 is 0 Å². The molecule has 2 aromatic heterocycles. The maximum Gasteiger partial charge on any atom is 0.401 e. The summed E-state index contributed by atoms with van der Waals surface area (Å²) in [6.45, 7) is 5.51. The van der Waals surface area contributed by atoms with Crippen LogP contribution in [0.1, 0.15) is 58.8 Å². The zero-order valence-corrected chi connectivity index (χ0v) is 27.5. The number of alkyl halides is 3. The summed E-state index contributed by atoms with van der Waals surface area (Å²) in [5.74, 6) is -0.267. The zero-order chi connectivity index (χ0) is 32.4. The molecule has 244 valence electrons. The molecule has 0 saturated carbocycles. The Morgan fingerprint density at radius 1 is 0.723 bits per heavy atom. The summed E-state index contributed by atoms with van der Waals surface area (Å²) in [5.41, 5.74) is 7.83. The van der Waals surface area contributed by atoms with E-state index in [1.807, 2.05) is 29.2 Å². The van der Waals surface area contributed by atoms with E-state index in [0.29, 0.717) is 35.9 Å². The third-order valence-corrected chi connectivity index (χ3v) is 11.8. The lowest BCUT2D eigenvalue weighted by Gasteiger charge is -2.26. The van der Waals surface area contributed by atoms with Gasteiger partial charge in [-0.15, -0.1) is 22.7 Å². The highest BCUT2D eigenvalue weighted by Gasteiger charge is 2.36. The number of thiazole rings is 2. The number of nitrogens with zero attached hydrogens (tertiary/aromatic N) is 6. The second-order valence-electron chi connectivity index (χ2n) is 12.5. The summed E-state index contributed by atoms with van der Waals surface area (Å²) >= 11 is 2.73. The normalized spacial score (nSPS) is 17.9. The minimum absolute atomic E-state index is 0.0499. The highest BCUT2D eigenvalue weighted by Crippen LogP contribution is 2.43. The fraction of sp³-hybridized carbons (Fsp3) is 0.412. The lowest BCUT2D eigenvalue weighted by molar-refractivity contribution is -0.147. The van der Waals surface area contributed by atoms with Gasteiger partial charge in [-0.25, -0.2) is 9.97 Å². The van der Waals surface area contributed by atoms with Crippen LogP contribution in [0.25, 0.3) is 11.1 Å². The predicted octanol–water partition coefficient (Wildman–Crippen LogP) is 5.97. The Morgan fingerprint density at radius 3 is 1.70 bits per heavy atom. The largest absolute Gasteiger partial charge is 0.401 e. The maximum atomic E-state index is 13.8. The molecule has 4 aromatic rings. The molecule has 2 aromatic carbocycles. The Hall–Kier alpha value is -3.65. The van der Waals surface area contributed by atoms with Gasteiger partial charge in [0.25, 0.3) is 11.8 Å². The van der Waals surface area contributed by atoms with Crippen LogP contribution in [-0.2, 0) is 38.8 Å². The number of amides is 2. The molecule has 4 aliphatic heterocycles. The molecule has 0 saturated heterocycles. The van der Waals surface area contributed by atoms with Crippen LogP contribution in [0.15, 0.2) is 36.4 Å². The van der Waals surface area contributed by atoms with Crippen LogP contribution in [-0.4, -0.2) is 77.0 Å². The van der Waals surface area contributed by atoms with E-state index in [-0.39, 0.29) is 24.9 Å². The topological polar surface area (TPSA) is 72.9 Å². The van der Waals surface area contributed by atoms with Gasteiger partial charge in [0, 0.05) is 73.2 Å². The number of carbonyl (C=O) groups excluding carboxylic acids is 2. The Balaban J connectivity index is 1.04. The SMILES string of the molecule is CCN1CCc2nc(C(=O)N3CCc4c(-c5cccc6c5CCN6C(=O)c5nc6c(s5)CN(CC(F)(F)F)CC6)cccc43)sc2C1. The van der Waals surface area contributed by atoms with E-state index < -0.39 is 12.7 Å². The van der Waals surface area contributed by atoms with Gasteiger partial charge in [0.2, 0.25) is 0 Å². The van der Waals surface area contributed by atoms with Crippen molar-refractivity contribution < 1.29 is 22.8 Å². The number of fused-ring (bicyclic) bond motifs is 4. The van der Waals surface area contributed by atoms with Gasteiger partial charge in [0.15, 0.2) is 10.0 Å². The molecular formula is C34H33F3N6O2S2. The van der Waals surface area contributed by atoms with E-state index in [1.54, 1.807) is 4.90 Å². The minimum Gasteiger partial charge on any atom is -0.306 e. The fourth-order valence-corrected chi connectivity index (χ4v) is 9.56. The van der Waals surface area contributed by atoms with E-state index in [9.17, 15) is 22.8 Å². The lowest BCUT2D eigenvalue weighted by Crippen LogP contribution is -2.37. The molecule has 2 amide bonds. The molecule has 0 bridgehead atoms. The second kappa shape index (κ2) is 11.8. The van der Waals surface area contributed by atoms with Crippen LogP contribution in [0.2, 0.25) is 0 Å². The van der Waals surface area contributed by atoms with Crippen molar-refractivity contribution in [1.29, 1.82) is 0 Å². The summed E-state index contributed by atoms with van der Waals surface area (Å²) in [6, 6.07) is 12.1. The van der Waals surface area contributed by atoms with Crippen molar-refractivity contribution in [3.05, 3.63) is 78.7 Å². The van der Waals surface area contributed by atoms with Crippen LogP contribution >= 0.6 is 22.7 Å². The first-order valence-electron chi connectivity index (χ1n) is 16.0. The average molecular weight is 679 g/mol. The molecule has 0 radical (unpaired) electrons. The average Bonchev–Trinajstić information content (AvgIpc) is 3.86. The van der Waals surface area contributed by atoms with Gasteiger partial charge < -0.3 is 9.80 Å². The summed E-state index contributed by atoms with van der Waals surface area (Å²) in [4.78, 5) is 46.2. The van der Waals surface area contributed by atoms with Gasteiger partial charge in [-0.3, -0.25) is 19.4 Å². The van der Waals surface area contributed by atoms with E-state index in [1.165, 1.54) is 32.5 Å². The summed E-state index contributed by atoms with van der Waals surface area (Å²) < 4.78 is 38.9. The molecule has 6 heterocycles. The van der Waals surface area contributed by atoms with E-state index in [4.69, 9.17) is 4.98 Å². The van der Waals surface area contributed by atoms with Crippen molar-refractivity contribution in [2.75, 3.05) is 49.1 Å². The smallest absolute Gasteiger partial charge is 0.306 e. The first-order valence-corrected chi connectivity index (χ1v) is 17.7. The van der Waals surface area contributed by atoms with Gasteiger partial charge >= 0.3 is 6.18 Å². The number of carbonyl (C=O) groups is 2. The number of hydrogen-bond donors (Lipinski definition) is 0. The monoisotopic (exact) mass is 678 g/mol. The minimum atomic E-state index is -4.26. The molecule has 8 rings (SSSR count). The molecule has 8 nitrogen and oxygen atoms in total. The van der Waals surface area contributed by atoms with Crippen LogP contribution < -0.4 is 9.80 Å². The van der Waals surface area contributed by atoms with Crippen LogP contribution in [0, 0.1) is 0 Å². The van der Waals surface area contributed by atoms with Crippen molar-refractivity contribution in [3.63, 3.8) is 0 Å². The lowest BCUT2D eigenvalue weighted by atomic mass is 9.93. The number of likely N-dealkylation sites (N-methyl/N-ethyl adjacent to an activating group) is 1. The van der Waals surface area contributed by atoms with Gasteiger partial charge in [0.1, 0.15) is 0 Å². The molecule has 0 atom stereocenters. The van der Waals surface area contributed by atoms with Crippen LogP contribution in [0.3, 0.4) is 0 Å². The highest BCUT2D eigenvalue weighted by atomic mass is 32.1. The van der Waals surface area contributed by atoms with Gasteiger partial charge in [-0.2, -0.15) is 13.2 Å². The first kappa shape index (κ1) is 30.7. The molecule has 13 heteroatoms. The quantitative estimate of drug-likeness (QED) is 0.259. The summed E-state index contributed by atoms with van der Waals surface area (Å²) in [7, 11) is 0. The molecule has 0 spiro atoms. The van der Waals surface area contributed by atoms with Crippen LogP contribution in [0.5, 0.6) is 0 Å². The van der Waals surface area contributed by atoms with E-state index in [0.717, 1.165) is 82.4 Å². The van der Waals surface area contributed by atoms with Gasteiger partial charge in [-0.1, -0.05) is 31.2 Å². The fourth-order valence-electron chi connectivity index (χ4n) is 7.36. The Kier molecular flexibility index (Phi) is 7.70. The predicted molar refractivity (Wildman–Crippen MR) is 177 cm³/mol. The molecule has 0 unspecified atom stereocenters. The number of aromatic nitrogens is 2. The standard InChI is InChI=1S/C34H33F3N6O2S2/c1-2-40-13-11-24-28(17-40)46-30(38-24)32(44)42-15-9-22-20(5-3-7-26(22)42)21-6-4-8-27-23(21)10-16-43(27)33(45)31-39-25-12-14-41(18-29(25)47-31)19-34(35,36)37/h3-8H,2,9-19H2,1H3. The Bertz CT molecular complexity index is 1900. The third kappa shape index (κ3) is 5.56. The highest BCUT2D eigenvalue weighted by molar-refractivity contribution is 7.14. The Morgan fingerprint density at radius 2 is 1.21 bits per heavy atom. The number of benzene rings is 2. The van der Waals surface area contributed by atoms with Gasteiger partial charge in [0.05, 0.1) is 17.9 Å². The van der Waals surface area contributed by atoms with Crippen molar-refractivity contribution in [2.24, 2.45) is 0 Å². The zero-order valence-electron chi connectivity index (χ0n) is 25.9. The summed E-state index contributed by atoms with van der Waals surface area (Å²) in [6.07, 6.45) is -1.58. The number of anilines is 2. The van der Waals surface area contributed by atoms with Crippen LogP contribution in [0.4, 0.5) is 24.5 Å². The van der Waals surface area contributed by atoms with E-state index in [2.05, 4.69) is 28.9 Å². The molecule has 0 fully saturated rings.